The Morgan fingerprint density at radius 3 is 1.00 bits per heavy atom. The highest BCUT2D eigenvalue weighted by molar-refractivity contribution is 5.85. The molecule has 0 saturated heterocycles. The maximum absolute atomic E-state index is 3.57. The highest BCUT2D eigenvalue weighted by atomic mass is 35.5. The third-order valence-electron chi connectivity index (χ3n) is 5.66. The first-order valence-electron chi connectivity index (χ1n) is 13.1. The standard InChI is InChI=1S/C26H52N6.ClH/c1-27-15-3-5-17-29-19-7-9-21-31-23-25-11-13-26(14-12-25)24-32-22-10-8-20-30-18-6-4-16-28-2;/h11-14,27-32H,3-10,15-24H2,1-2H3;1H. The summed E-state index contributed by atoms with van der Waals surface area (Å²) in [7, 11) is 4.03. The van der Waals surface area contributed by atoms with Crippen molar-refractivity contribution >= 4 is 12.4 Å². The van der Waals surface area contributed by atoms with Crippen LogP contribution in [0.25, 0.3) is 0 Å². The summed E-state index contributed by atoms with van der Waals surface area (Å²) >= 11 is 0. The Morgan fingerprint density at radius 2 is 0.697 bits per heavy atom. The molecule has 0 amide bonds. The van der Waals surface area contributed by atoms with E-state index in [4.69, 9.17) is 0 Å². The fourth-order valence-electron chi connectivity index (χ4n) is 3.59. The van der Waals surface area contributed by atoms with Crippen molar-refractivity contribution in [3.8, 4) is 0 Å². The van der Waals surface area contributed by atoms with Gasteiger partial charge in [0.05, 0.1) is 0 Å². The monoisotopic (exact) mass is 484 g/mol. The molecular weight excluding hydrogens is 432 g/mol. The van der Waals surface area contributed by atoms with Crippen LogP contribution < -0.4 is 31.9 Å². The Kier molecular flexibility index (Phi) is 25.3. The third-order valence-corrected chi connectivity index (χ3v) is 5.66. The zero-order chi connectivity index (χ0) is 23.0. The lowest BCUT2D eigenvalue weighted by molar-refractivity contribution is 0.560. The average Bonchev–Trinajstić information content (AvgIpc) is 2.82. The van der Waals surface area contributed by atoms with E-state index in [0.717, 1.165) is 65.4 Å². The molecular formula is C26H53ClN6. The van der Waals surface area contributed by atoms with Crippen LogP contribution in [0.5, 0.6) is 0 Å². The minimum absolute atomic E-state index is 0. The van der Waals surface area contributed by atoms with Crippen LogP contribution in [0.3, 0.4) is 0 Å². The number of halogens is 1. The van der Waals surface area contributed by atoms with Crippen molar-refractivity contribution in [3.63, 3.8) is 0 Å². The minimum Gasteiger partial charge on any atom is -0.320 e. The maximum atomic E-state index is 3.57. The summed E-state index contributed by atoms with van der Waals surface area (Å²) in [4.78, 5) is 0. The van der Waals surface area contributed by atoms with Gasteiger partial charge in [0.1, 0.15) is 0 Å². The molecule has 0 aliphatic heterocycles. The van der Waals surface area contributed by atoms with Crippen molar-refractivity contribution in [3.05, 3.63) is 35.4 Å². The molecule has 0 unspecified atom stereocenters. The first kappa shape index (κ1) is 32.3. The van der Waals surface area contributed by atoms with Gasteiger partial charge in [-0.2, -0.15) is 0 Å². The van der Waals surface area contributed by atoms with Crippen LogP contribution in [-0.4, -0.2) is 66.5 Å². The molecule has 194 valence electrons. The first-order valence-corrected chi connectivity index (χ1v) is 13.1. The van der Waals surface area contributed by atoms with Crippen LogP contribution in [0.1, 0.15) is 62.5 Å². The predicted octanol–water partition coefficient (Wildman–Crippen LogP) is 3.03. The Hall–Kier alpha value is -0.730. The fourth-order valence-corrected chi connectivity index (χ4v) is 3.59. The van der Waals surface area contributed by atoms with Crippen molar-refractivity contribution in [2.45, 2.75) is 64.5 Å². The van der Waals surface area contributed by atoms with Gasteiger partial charge in [0.15, 0.2) is 0 Å². The lowest BCUT2D eigenvalue weighted by Gasteiger charge is -2.08. The van der Waals surface area contributed by atoms with Crippen LogP contribution >= 0.6 is 12.4 Å². The minimum atomic E-state index is 0. The quantitative estimate of drug-likeness (QED) is 0.127. The van der Waals surface area contributed by atoms with Gasteiger partial charge >= 0.3 is 0 Å². The number of rotatable bonds is 24. The molecule has 1 aromatic rings. The summed E-state index contributed by atoms with van der Waals surface area (Å²) in [6.07, 6.45) is 10.0. The van der Waals surface area contributed by atoms with E-state index in [1.165, 1.54) is 62.5 Å². The van der Waals surface area contributed by atoms with Gasteiger partial charge in [-0.1, -0.05) is 24.3 Å². The van der Waals surface area contributed by atoms with Gasteiger partial charge < -0.3 is 31.9 Å². The second kappa shape index (κ2) is 25.9. The zero-order valence-corrected chi connectivity index (χ0v) is 22.3. The van der Waals surface area contributed by atoms with Crippen molar-refractivity contribution in [1.82, 2.24) is 31.9 Å². The van der Waals surface area contributed by atoms with Crippen LogP contribution in [0.4, 0.5) is 0 Å². The predicted molar refractivity (Wildman–Crippen MR) is 148 cm³/mol. The van der Waals surface area contributed by atoms with Crippen LogP contribution in [0.2, 0.25) is 0 Å². The van der Waals surface area contributed by atoms with Crippen LogP contribution in [0, 0.1) is 0 Å². The summed E-state index contributed by atoms with van der Waals surface area (Å²) in [5.74, 6) is 0. The van der Waals surface area contributed by atoms with Gasteiger partial charge in [-0.25, -0.2) is 0 Å². The summed E-state index contributed by atoms with van der Waals surface area (Å²) in [6, 6.07) is 9.03. The molecule has 1 rings (SSSR count). The van der Waals surface area contributed by atoms with Gasteiger partial charge in [-0.05, 0) is 129 Å². The Labute approximate surface area is 210 Å². The Bertz CT molecular complexity index is 455. The fraction of sp³-hybridized carbons (Fsp3) is 0.769. The molecule has 33 heavy (non-hydrogen) atoms. The molecule has 0 spiro atoms. The topological polar surface area (TPSA) is 72.2 Å². The number of unbranched alkanes of at least 4 members (excludes halogenated alkanes) is 4. The number of benzene rings is 1. The van der Waals surface area contributed by atoms with Crippen molar-refractivity contribution in [2.75, 3.05) is 66.5 Å². The van der Waals surface area contributed by atoms with Gasteiger partial charge in [0.25, 0.3) is 0 Å². The van der Waals surface area contributed by atoms with Crippen LogP contribution in [0.15, 0.2) is 24.3 Å². The van der Waals surface area contributed by atoms with Crippen molar-refractivity contribution in [2.24, 2.45) is 0 Å². The molecule has 0 aromatic heterocycles. The van der Waals surface area contributed by atoms with Crippen molar-refractivity contribution in [1.29, 1.82) is 0 Å². The molecule has 0 radical (unpaired) electrons. The molecule has 0 aliphatic rings. The summed E-state index contributed by atoms with van der Waals surface area (Å²) in [5, 5.41) is 20.6. The van der Waals surface area contributed by atoms with E-state index in [2.05, 4.69) is 56.2 Å². The molecule has 7 heteroatoms. The van der Waals surface area contributed by atoms with Crippen molar-refractivity contribution < 1.29 is 0 Å². The average molecular weight is 485 g/mol. The summed E-state index contributed by atoms with van der Waals surface area (Å²) < 4.78 is 0. The largest absolute Gasteiger partial charge is 0.320 e. The van der Waals surface area contributed by atoms with E-state index in [9.17, 15) is 0 Å². The number of hydrogen-bond acceptors (Lipinski definition) is 6. The van der Waals surface area contributed by atoms with E-state index in [1.54, 1.807) is 0 Å². The highest BCUT2D eigenvalue weighted by Gasteiger charge is 1.97. The van der Waals surface area contributed by atoms with Gasteiger partial charge in [-0.3, -0.25) is 0 Å². The van der Waals surface area contributed by atoms with Crippen LogP contribution in [-0.2, 0) is 13.1 Å². The Morgan fingerprint density at radius 1 is 0.424 bits per heavy atom. The van der Waals surface area contributed by atoms with Gasteiger partial charge in [0.2, 0.25) is 0 Å². The molecule has 0 aliphatic carbocycles. The molecule has 1 aromatic carbocycles. The van der Waals surface area contributed by atoms with E-state index in [1.807, 2.05) is 14.1 Å². The van der Waals surface area contributed by atoms with E-state index in [0.29, 0.717) is 0 Å². The second-order valence-corrected chi connectivity index (χ2v) is 8.71. The first-order chi connectivity index (χ1) is 15.9. The number of nitrogens with one attached hydrogen (secondary N) is 6. The van der Waals surface area contributed by atoms with Gasteiger partial charge in [0, 0.05) is 13.1 Å². The lowest BCUT2D eigenvalue weighted by Crippen LogP contribution is -2.20. The molecule has 0 heterocycles. The summed E-state index contributed by atoms with van der Waals surface area (Å²) in [5.41, 5.74) is 2.74. The molecule has 0 atom stereocenters. The molecule has 0 bridgehead atoms. The maximum Gasteiger partial charge on any atom is 0.0205 e. The van der Waals surface area contributed by atoms with E-state index < -0.39 is 0 Å². The Balaban J connectivity index is 0.0000102. The molecule has 6 nitrogen and oxygen atoms in total. The second-order valence-electron chi connectivity index (χ2n) is 8.71. The van der Waals surface area contributed by atoms with E-state index >= 15 is 0 Å². The highest BCUT2D eigenvalue weighted by Crippen LogP contribution is 2.04. The third kappa shape index (κ3) is 21.5. The molecule has 6 N–H and O–H groups in total. The molecule has 0 fully saturated rings. The van der Waals surface area contributed by atoms with E-state index in [-0.39, 0.29) is 12.4 Å². The SMILES string of the molecule is CNCCCCNCCCCNCc1ccc(CNCCCCNCCCCNC)cc1.Cl. The smallest absolute Gasteiger partial charge is 0.0205 e. The lowest BCUT2D eigenvalue weighted by atomic mass is 10.1. The zero-order valence-electron chi connectivity index (χ0n) is 21.4. The molecule has 0 saturated carbocycles. The van der Waals surface area contributed by atoms with Gasteiger partial charge in [-0.15, -0.1) is 12.4 Å². The number of hydrogen-bond donors (Lipinski definition) is 6. The normalized spacial score (nSPS) is 11.0. The summed E-state index contributed by atoms with van der Waals surface area (Å²) in [6.45, 7) is 10.9.